The van der Waals surface area contributed by atoms with Gasteiger partial charge in [0.15, 0.2) is 0 Å². The summed E-state index contributed by atoms with van der Waals surface area (Å²) in [4.78, 5) is 24.9. The van der Waals surface area contributed by atoms with Crippen molar-refractivity contribution in [3.05, 3.63) is 24.4 Å². The summed E-state index contributed by atoms with van der Waals surface area (Å²) in [7, 11) is 0. The summed E-state index contributed by atoms with van der Waals surface area (Å²) < 4.78 is 0. The zero-order valence-corrected chi connectivity index (χ0v) is 9.71. The standard InChI is InChI=1S/C12H18N2O2/c1-9(2)11(15)13-10(3)12(16)14-7-5-4-6-8-14/h1,3-8H2,2H3,(H,13,15). The molecule has 1 saturated heterocycles. The maximum atomic E-state index is 11.8. The van der Waals surface area contributed by atoms with Crippen molar-refractivity contribution in [2.24, 2.45) is 0 Å². The summed E-state index contributed by atoms with van der Waals surface area (Å²) in [6.45, 7) is 10.2. The van der Waals surface area contributed by atoms with E-state index >= 15 is 0 Å². The summed E-state index contributed by atoms with van der Waals surface area (Å²) >= 11 is 0. The Labute approximate surface area is 96.0 Å². The molecule has 0 atom stereocenters. The van der Waals surface area contributed by atoms with Crippen LogP contribution >= 0.6 is 0 Å². The first-order chi connectivity index (χ1) is 7.52. The van der Waals surface area contributed by atoms with E-state index in [9.17, 15) is 9.59 Å². The molecule has 0 aromatic heterocycles. The molecule has 0 bridgehead atoms. The van der Waals surface area contributed by atoms with Crippen LogP contribution in [-0.4, -0.2) is 29.8 Å². The lowest BCUT2D eigenvalue weighted by Gasteiger charge is -2.27. The molecule has 1 N–H and O–H groups in total. The van der Waals surface area contributed by atoms with Gasteiger partial charge in [-0.2, -0.15) is 0 Å². The number of likely N-dealkylation sites (tertiary alicyclic amines) is 1. The van der Waals surface area contributed by atoms with Crippen molar-refractivity contribution < 1.29 is 9.59 Å². The monoisotopic (exact) mass is 222 g/mol. The number of piperidine rings is 1. The molecule has 1 aliphatic heterocycles. The van der Waals surface area contributed by atoms with Gasteiger partial charge in [0, 0.05) is 18.7 Å². The van der Waals surface area contributed by atoms with Crippen molar-refractivity contribution in [1.29, 1.82) is 0 Å². The molecule has 0 aromatic rings. The Hall–Kier alpha value is -1.58. The van der Waals surface area contributed by atoms with Crippen molar-refractivity contribution in [1.82, 2.24) is 10.2 Å². The van der Waals surface area contributed by atoms with Crippen LogP contribution in [0.4, 0.5) is 0 Å². The third-order valence-electron chi connectivity index (χ3n) is 2.55. The van der Waals surface area contributed by atoms with Crippen LogP contribution in [0.2, 0.25) is 0 Å². The van der Waals surface area contributed by atoms with E-state index < -0.39 is 0 Å². The number of hydrogen-bond acceptors (Lipinski definition) is 2. The number of nitrogens with one attached hydrogen (secondary N) is 1. The van der Waals surface area contributed by atoms with E-state index in [-0.39, 0.29) is 17.5 Å². The molecule has 0 unspecified atom stereocenters. The summed E-state index contributed by atoms with van der Waals surface area (Å²) in [5.74, 6) is -0.537. The molecule has 1 rings (SSSR count). The highest BCUT2D eigenvalue weighted by Gasteiger charge is 2.20. The Balaban J connectivity index is 2.50. The largest absolute Gasteiger partial charge is 0.337 e. The van der Waals surface area contributed by atoms with Crippen LogP contribution in [0.15, 0.2) is 24.4 Å². The average molecular weight is 222 g/mol. The Kier molecular flexibility index (Phi) is 4.28. The molecule has 0 spiro atoms. The van der Waals surface area contributed by atoms with Crippen LogP contribution in [0.25, 0.3) is 0 Å². The van der Waals surface area contributed by atoms with Crippen LogP contribution in [0.5, 0.6) is 0 Å². The molecular weight excluding hydrogens is 204 g/mol. The summed E-state index contributed by atoms with van der Waals surface area (Å²) in [6.07, 6.45) is 3.20. The van der Waals surface area contributed by atoms with Crippen LogP contribution in [0.1, 0.15) is 26.2 Å². The quantitative estimate of drug-likeness (QED) is 0.729. The molecule has 1 fully saturated rings. The summed E-state index contributed by atoms with van der Waals surface area (Å²) in [5.41, 5.74) is 0.502. The maximum Gasteiger partial charge on any atom is 0.269 e. The average Bonchev–Trinajstić information content (AvgIpc) is 2.28. The van der Waals surface area contributed by atoms with E-state index in [4.69, 9.17) is 0 Å². The van der Waals surface area contributed by atoms with Crippen molar-refractivity contribution in [2.75, 3.05) is 13.1 Å². The smallest absolute Gasteiger partial charge is 0.269 e. The van der Waals surface area contributed by atoms with E-state index in [2.05, 4.69) is 18.5 Å². The number of carbonyl (C=O) groups excluding carboxylic acids is 2. The van der Waals surface area contributed by atoms with Gasteiger partial charge < -0.3 is 10.2 Å². The van der Waals surface area contributed by atoms with Crippen LogP contribution in [-0.2, 0) is 9.59 Å². The Morgan fingerprint density at radius 1 is 1.12 bits per heavy atom. The molecule has 1 aliphatic rings. The number of amides is 2. The number of nitrogens with zero attached hydrogens (tertiary/aromatic N) is 1. The summed E-state index contributed by atoms with van der Waals surface area (Å²) in [6, 6.07) is 0. The van der Waals surface area contributed by atoms with Crippen LogP contribution in [0.3, 0.4) is 0 Å². The molecule has 2 amide bonds. The number of carbonyl (C=O) groups is 2. The van der Waals surface area contributed by atoms with E-state index in [1.54, 1.807) is 11.8 Å². The second kappa shape index (κ2) is 5.49. The highest BCUT2D eigenvalue weighted by Crippen LogP contribution is 2.10. The molecule has 4 nitrogen and oxygen atoms in total. The minimum Gasteiger partial charge on any atom is -0.337 e. The van der Waals surface area contributed by atoms with Gasteiger partial charge in [0.2, 0.25) is 0 Å². The third kappa shape index (κ3) is 3.22. The third-order valence-corrected chi connectivity index (χ3v) is 2.55. The molecule has 0 saturated carbocycles. The topological polar surface area (TPSA) is 49.4 Å². The van der Waals surface area contributed by atoms with Crippen LogP contribution in [0, 0.1) is 0 Å². The van der Waals surface area contributed by atoms with Gasteiger partial charge in [0.1, 0.15) is 0 Å². The highest BCUT2D eigenvalue weighted by atomic mass is 16.2. The van der Waals surface area contributed by atoms with Gasteiger partial charge in [-0.15, -0.1) is 0 Å². The van der Waals surface area contributed by atoms with E-state index in [0.717, 1.165) is 32.4 Å². The van der Waals surface area contributed by atoms with Gasteiger partial charge in [-0.1, -0.05) is 13.2 Å². The van der Waals surface area contributed by atoms with Crippen molar-refractivity contribution >= 4 is 11.8 Å². The molecular formula is C12H18N2O2. The predicted molar refractivity (Wildman–Crippen MR) is 62.5 cm³/mol. The second-order valence-electron chi connectivity index (χ2n) is 4.07. The zero-order chi connectivity index (χ0) is 12.1. The minimum absolute atomic E-state index is 0.134. The molecule has 88 valence electrons. The molecule has 0 radical (unpaired) electrons. The lowest BCUT2D eigenvalue weighted by molar-refractivity contribution is -0.129. The van der Waals surface area contributed by atoms with Crippen molar-refractivity contribution in [3.8, 4) is 0 Å². The van der Waals surface area contributed by atoms with Gasteiger partial charge >= 0.3 is 0 Å². The lowest BCUT2D eigenvalue weighted by Crippen LogP contribution is -2.40. The second-order valence-corrected chi connectivity index (χ2v) is 4.07. The molecule has 0 aliphatic carbocycles. The van der Waals surface area contributed by atoms with Gasteiger partial charge in [-0.05, 0) is 26.2 Å². The van der Waals surface area contributed by atoms with Crippen molar-refractivity contribution in [3.63, 3.8) is 0 Å². The molecule has 0 aromatic carbocycles. The summed E-state index contributed by atoms with van der Waals surface area (Å²) in [5, 5.41) is 2.45. The van der Waals surface area contributed by atoms with E-state index in [1.807, 2.05) is 0 Å². The molecule has 16 heavy (non-hydrogen) atoms. The van der Waals surface area contributed by atoms with Gasteiger partial charge in [0.25, 0.3) is 11.8 Å². The lowest BCUT2D eigenvalue weighted by atomic mass is 10.1. The van der Waals surface area contributed by atoms with Crippen molar-refractivity contribution in [2.45, 2.75) is 26.2 Å². The number of hydrogen-bond donors (Lipinski definition) is 1. The SMILES string of the molecule is C=C(C)C(=O)NC(=C)C(=O)N1CCCCC1. The van der Waals surface area contributed by atoms with Gasteiger partial charge in [-0.25, -0.2) is 0 Å². The highest BCUT2D eigenvalue weighted by molar-refractivity contribution is 6.01. The fourth-order valence-electron chi connectivity index (χ4n) is 1.59. The first-order valence-electron chi connectivity index (χ1n) is 5.47. The normalized spacial score (nSPS) is 15.4. The first-order valence-corrected chi connectivity index (χ1v) is 5.47. The van der Waals surface area contributed by atoms with E-state index in [0.29, 0.717) is 5.57 Å². The fraction of sp³-hybridized carbons (Fsp3) is 0.500. The Bertz CT molecular complexity index is 328. The van der Waals surface area contributed by atoms with Gasteiger partial charge in [0.05, 0.1) is 5.70 Å². The predicted octanol–water partition coefficient (Wildman–Crippen LogP) is 1.20. The minimum atomic E-state index is -0.352. The van der Waals surface area contributed by atoms with Crippen LogP contribution < -0.4 is 5.32 Å². The maximum absolute atomic E-state index is 11.8. The Morgan fingerprint density at radius 3 is 2.19 bits per heavy atom. The Morgan fingerprint density at radius 2 is 1.69 bits per heavy atom. The van der Waals surface area contributed by atoms with E-state index in [1.165, 1.54) is 0 Å². The fourth-order valence-corrected chi connectivity index (χ4v) is 1.59. The number of rotatable bonds is 3. The molecule has 4 heteroatoms. The zero-order valence-electron chi connectivity index (χ0n) is 9.71. The van der Waals surface area contributed by atoms with Gasteiger partial charge in [-0.3, -0.25) is 9.59 Å². The first kappa shape index (κ1) is 12.5. The molecule has 1 heterocycles.